The summed E-state index contributed by atoms with van der Waals surface area (Å²) in [4.78, 5) is 25.0. The Morgan fingerprint density at radius 3 is 2.80 bits per heavy atom. The smallest absolute Gasteiger partial charge is 0.168 e. The van der Waals surface area contributed by atoms with Crippen LogP contribution in [-0.4, -0.2) is 33.1 Å². The lowest BCUT2D eigenvalue weighted by Gasteiger charge is -2.31. The first kappa shape index (κ1) is 17.4. The number of carbonyl (C=O) groups is 1. The highest BCUT2D eigenvalue weighted by Crippen LogP contribution is 2.35. The number of hydrogen-bond donors (Lipinski definition) is 2. The second-order valence-electron chi connectivity index (χ2n) is 7.40. The van der Waals surface area contributed by atoms with Crippen molar-refractivity contribution in [1.29, 1.82) is 0 Å². The molecule has 5 nitrogen and oxygen atoms in total. The normalized spacial score (nSPS) is 21.1. The third-order valence-electron chi connectivity index (χ3n) is 4.57. The lowest BCUT2D eigenvalue weighted by Crippen LogP contribution is -2.32. The molecule has 25 heavy (non-hydrogen) atoms. The van der Waals surface area contributed by atoms with Gasteiger partial charge in [0.25, 0.3) is 0 Å². The van der Waals surface area contributed by atoms with Crippen molar-refractivity contribution in [1.82, 2.24) is 9.97 Å². The van der Waals surface area contributed by atoms with E-state index in [0.29, 0.717) is 37.8 Å². The van der Waals surface area contributed by atoms with E-state index in [1.54, 1.807) is 0 Å². The quantitative estimate of drug-likeness (QED) is 0.648. The van der Waals surface area contributed by atoms with E-state index in [0.717, 1.165) is 22.6 Å². The molecule has 0 amide bonds. The van der Waals surface area contributed by atoms with Gasteiger partial charge in [-0.15, -0.1) is 0 Å². The van der Waals surface area contributed by atoms with Crippen molar-refractivity contribution >= 4 is 22.5 Å². The molecule has 0 aliphatic heterocycles. The first-order valence-electron chi connectivity index (χ1n) is 8.82. The van der Waals surface area contributed by atoms with Crippen molar-refractivity contribution in [3.05, 3.63) is 41.4 Å². The van der Waals surface area contributed by atoms with Crippen LogP contribution < -0.4 is 0 Å². The highest BCUT2D eigenvalue weighted by atomic mass is 16.3. The van der Waals surface area contributed by atoms with Crippen LogP contribution in [0.2, 0.25) is 0 Å². The summed E-state index contributed by atoms with van der Waals surface area (Å²) in [5.74, 6) is 1.04. The number of hydrogen-bond acceptors (Lipinski definition) is 4. The fourth-order valence-electron chi connectivity index (χ4n) is 3.35. The molecule has 1 fully saturated rings. The number of ketones is 1. The van der Waals surface area contributed by atoms with E-state index in [9.17, 15) is 9.90 Å². The summed E-state index contributed by atoms with van der Waals surface area (Å²) in [5, 5.41) is 10.2. The number of aromatic amines is 1. The maximum Gasteiger partial charge on any atom is 0.168 e. The number of Topliss-reactive ketones (excluding diaryl/α,β-unsaturated/α-hetero) is 1. The Labute approximate surface area is 147 Å². The molecule has 0 atom stereocenters. The molecule has 0 radical (unpaired) electrons. The number of carbonyl (C=O) groups excluding carboxylic acids is 1. The summed E-state index contributed by atoms with van der Waals surface area (Å²) in [6.45, 7) is 6.53. The van der Waals surface area contributed by atoms with Gasteiger partial charge in [-0.3, -0.25) is 9.79 Å². The Kier molecular flexibility index (Phi) is 4.75. The van der Waals surface area contributed by atoms with Crippen LogP contribution in [-0.2, 0) is 11.2 Å². The number of nitrogens with zero attached hydrogens (tertiary/aromatic N) is 2. The van der Waals surface area contributed by atoms with Gasteiger partial charge in [0, 0.05) is 31.5 Å². The largest absolute Gasteiger partial charge is 0.512 e. The molecule has 132 valence electrons. The van der Waals surface area contributed by atoms with E-state index in [4.69, 9.17) is 0 Å². The van der Waals surface area contributed by atoms with Crippen LogP contribution in [0.3, 0.4) is 0 Å². The zero-order chi connectivity index (χ0) is 18.0. The monoisotopic (exact) mass is 339 g/mol. The average Bonchev–Trinajstić information content (AvgIpc) is 2.95. The van der Waals surface area contributed by atoms with Crippen LogP contribution in [0.25, 0.3) is 11.0 Å². The fraction of sp³-hybridized carbons (Fsp3) is 0.450. The molecule has 1 aliphatic rings. The maximum absolute atomic E-state index is 12.5. The number of aliphatic hydroxyl groups excluding tert-OH is 1. The predicted molar refractivity (Wildman–Crippen MR) is 100 cm³/mol. The second-order valence-corrected chi connectivity index (χ2v) is 7.40. The Balaban J connectivity index is 1.80. The van der Waals surface area contributed by atoms with Gasteiger partial charge in [0.1, 0.15) is 11.6 Å². The molecule has 2 N–H and O–H groups in total. The van der Waals surface area contributed by atoms with Gasteiger partial charge in [-0.05, 0) is 24.0 Å². The van der Waals surface area contributed by atoms with E-state index in [1.165, 1.54) is 0 Å². The molecular formula is C20H25N3O2. The van der Waals surface area contributed by atoms with E-state index >= 15 is 0 Å². The molecule has 1 heterocycles. The van der Waals surface area contributed by atoms with Crippen molar-refractivity contribution in [3.8, 4) is 0 Å². The van der Waals surface area contributed by atoms with E-state index in [1.807, 2.05) is 31.2 Å². The van der Waals surface area contributed by atoms with Crippen LogP contribution in [0.5, 0.6) is 0 Å². The summed E-state index contributed by atoms with van der Waals surface area (Å²) < 4.78 is 0. The SMILES string of the molecule is CCC(O)=C1C(=O)CC(C)(C)CC1=NCCc1nc2ccccc2[nH]1. The molecular weight excluding hydrogens is 314 g/mol. The van der Waals surface area contributed by atoms with Crippen molar-refractivity contribution < 1.29 is 9.90 Å². The third kappa shape index (κ3) is 3.81. The molecule has 0 unspecified atom stereocenters. The molecule has 2 aromatic rings. The number of allylic oxidation sites excluding steroid dienone is 2. The van der Waals surface area contributed by atoms with Gasteiger partial charge in [-0.25, -0.2) is 4.98 Å². The minimum absolute atomic E-state index is 0.00177. The Morgan fingerprint density at radius 2 is 2.08 bits per heavy atom. The number of nitrogens with one attached hydrogen (secondary N) is 1. The van der Waals surface area contributed by atoms with Gasteiger partial charge in [-0.2, -0.15) is 0 Å². The number of para-hydroxylation sites is 2. The molecule has 3 rings (SSSR count). The van der Waals surface area contributed by atoms with Crippen molar-refractivity contribution in [3.63, 3.8) is 0 Å². The first-order chi connectivity index (χ1) is 11.9. The topological polar surface area (TPSA) is 78.3 Å². The number of imidazole rings is 1. The zero-order valence-electron chi connectivity index (χ0n) is 15.1. The Bertz CT molecular complexity index is 826. The van der Waals surface area contributed by atoms with Gasteiger partial charge >= 0.3 is 0 Å². The van der Waals surface area contributed by atoms with Crippen LogP contribution in [0.15, 0.2) is 40.6 Å². The lowest BCUT2D eigenvalue weighted by molar-refractivity contribution is -0.117. The summed E-state index contributed by atoms with van der Waals surface area (Å²) in [6.07, 6.45) is 2.28. The standard InChI is InChI=1S/C20H25N3O2/c1-4-16(24)19-15(11-20(2,3)12-17(19)25)21-10-9-18-22-13-7-5-6-8-14(13)23-18/h5-8,24H,4,9-12H2,1-3H3,(H,22,23). The van der Waals surface area contributed by atoms with Crippen LogP contribution in [0, 0.1) is 5.41 Å². The van der Waals surface area contributed by atoms with Gasteiger partial charge in [-0.1, -0.05) is 32.9 Å². The minimum atomic E-state index is -0.118. The summed E-state index contributed by atoms with van der Waals surface area (Å²) in [6, 6.07) is 7.92. The molecule has 1 aliphatic carbocycles. The predicted octanol–water partition coefficient (Wildman–Crippen LogP) is 4.16. The second kappa shape index (κ2) is 6.82. The number of aromatic nitrogens is 2. The summed E-state index contributed by atoms with van der Waals surface area (Å²) >= 11 is 0. The molecule has 0 bridgehead atoms. The maximum atomic E-state index is 12.5. The molecule has 1 aromatic carbocycles. The van der Waals surface area contributed by atoms with Crippen LogP contribution in [0.4, 0.5) is 0 Å². The molecule has 0 saturated heterocycles. The van der Waals surface area contributed by atoms with Crippen molar-refractivity contribution in [2.24, 2.45) is 10.4 Å². The number of aliphatic hydroxyl groups is 1. The lowest BCUT2D eigenvalue weighted by atomic mass is 9.73. The number of H-pyrrole nitrogens is 1. The van der Waals surface area contributed by atoms with Crippen molar-refractivity contribution in [2.45, 2.75) is 46.5 Å². The number of aliphatic imine (C=N–C) groups is 1. The van der Waals surface area contributed by atoms with Gasteiger partial charge in [0.2, 0.25) is 0 Å². The van der Waals surface area contributed by atoms with Gasteiger partial charge in [0.05, 0.1) is 16.6 Å². The molecule has 1 saturated carbocycles. The number of fused-ring (bicyclic) bond motifs is 1. The van der Waals surface area contributed by atoms with E-state index in [-0.39, 0.29) is 17.0 Å². The molecule has 5 heteroatoms. The Hall–Kier alpha value is -2.43. The highest BCUT2D eigenvalue weighted by Gasteiger charge is 2.35. The third-order valence-corrected chi connectivity index (χ3v) is 4.57. The minimum Gasteiger partial charge on any atom is -0.512 e. The van der Waals surface area contributed by atoms with E-state index in [2.05, 4.69) is 28.8 Å². The first-order valence-corrected chi connectivity index (χ1v) is 8.82. The average molecular weight is 339 g/mol. The van der Waals surface area contributed by atoms with Crippen LogP contribution in [0.1, 0.15) is 45.9 Å². The van der Waals surface area contributed by atoms with Crippen LogP contribution >= 0.6 is 0 Å². The van der Waals surface area contributed by atoms with Gasteiger partial charge < -0.3 is 10.1 Å². The molecule has 1 aromatic heterocycles. The van der Waals surface area contributed by atoms with E-state index < -0.39 is 0 Å². The summed E-state index contributed by atoms with van der Waals surface area (Å²) in [5.41, 5.74) is 3.02. The number of rotatable bonds is 4. The van der Waals surface area contributed by atoms with Gasteiger partial charge in [0.15, 0.2) is 5.78 Å². The summed E-state index contributed by atoms with van der Waals surface area (Å²) in [7, 11) is 0. The Morgan fingerprint density at radius 1 is 1.32 bits per heavy atom. The van der Waals surface area contributed by atoms with Crippen molar-refractivity contribution in [2.75, 3.05) is 6.54 Å². The molecule has 0 spiro atoms. The highest BCUT2D eigenvalue weighted by molar-refractivity contribution is 6.24. The fourth-order valence-corrected chi connectivity index (χ4v) is 3.35. The number of benzene rings is 1. The zero-order valence-corrected chi connectivity index (χ0v) is 15.1.